The molecule has 1 unspecified atom stereocenters. The Morgan fingerprint density at radius 1 is 0.775 bits per heavy atom. The Bertz CT molecular complexity index is 629. The number of rotatable bonds is 24. The third kappa shape index (κ3) is 16.7. The van der Waals surface area contributed by atoms with Gasteiger partial charge >= 0.3 is 5.97 Å². The van der Waals surface area contributed by atoms with Gasteiger partial charge in [-0.3, -0.25) is 4.79 Å². The number of carbonyl (C=O) groups excluding carboxylic acids is 1. The van der Waals surface area contributed by atoms with Crippen LogP contribution in [0.25, 0.3) is 0 Å². The molecular formula is C35H69NO4. The molecule has 0 radical (unpaired) electrons. The van der Waals surface area contributed by atoms with Crippen molar-refractivity contribution in [1.29, 1.82) is 0 Å². The molecule has 1 heterocycles. The largest absolute Gasteiger partial charge is 0.378 e. The lowest BCUT2D eigenvalue weighted by Crippen LogP contribution is -2.58. The van der Waals surface area contributed by atoms with Crippen LogP contribution in [0.1, 0.15) is 177 Å². The van der Waals surface area contributed by atoms with Gasteiger partial charge in [-0.25, -0.2) is 0 Å². The minimum absolute atomic E-state index is 0.0612. The SMILES string of the molecule is CCCCCCOC(C)(C)COCCCC(CC)CCCCCCCCCC(=O)ON1C(C)(C)CCCC1(C)C. The number of piperidine rings is 1. The van der Waals surface area contributed by atoms with Crippen LogP contribution in [0.15, 0.2) is 0 Å². The molecule has 5 nitrogen and oxygen atoms in total. The fourth-order valence-corrected chi connectivity index (χ4v) is 6.22. The summed E-state index contributed by atoms with van der Waals surface area (Å²) < 4.78 is 12.0. The smallest absolute Gasteiger partial charge is 0.325 e. The quantitative estimate of drug-likeness (QED) is 0.109. The Hall–Kier alpha value is -0.650. The van der Waals surface area contributed by atoms with E-state index in [1.165, 1.54) is 77.0 Å². The van der Waals surface area contributed by atoms with Crippen LogP contribution in [0, 0.1) is 5.92 Å². The highest BCUT2D eigenvalue weighted by Gasteiger charge is 2.44. The molecule has 0 aromatic heterocycles. The number of hydroxylamine groups is 2. The van der Waals surface area contributed by atoms with Gasteiger partial charge in [-0.15, -0.1) is 5.06 Å². The molecule has 40 heavy (non-hydrogen) atoms. The van der Waals surface area contributed by atoms with E-state index in [0.29, 0.717) is 13.0 Å². The minimum atomic E-state index is -0.179. The minimum Gasteiger partial charge on any atom is -0.378 e. The highest BCUT2D eigenvalue weighted by atomic mass is 16.7. The fraction of sp³-hybridized carbons (Fsp3) is 0.971. The second kappa shape index (κ2) is 20.3. The summed E-state index contributed by atoms with van der Waals surface area (Å²) in [6.07, 6.45) is 22.5. The number of hydrogen-bond donors (Lipinski definition) is 0. The van der Waals surface area contributed by atoms with Crippen molar-refractivity contribution >= 4 is 5.97 Å². The molecule has 0 saturated carbocycles. The van der Waals surface area contributed by atoms with Gasteiger partial charge in [-0.05, 0) is 92.4 Å². The monoisotopic (exact) mass is 568 g/mol. The molecular weight excluding hydrogens is 498 g/mol. The lowest BCUT2D eigenvalue weighted by Gasteiger charge is -2.50. The van der Waals surface area contributed by atoms with Crippen molar-refractivity contribution in [3.63, 3.8) is 0 Å². The van der Waals surface area contributed by atoms with Crippen molar-refractivity contribution in [3.8, 4) is 0 Å². The van der Waals surface area contributed by atoms with Crippen LogP contribution in [0.4, 0.5) is 0 Å². The van der Waals surface area contributed by atoms with Gasteiger partial charge in [0, 0.05) is 19.6 Å². The zero-order chi connectivity index (χ0) is 29.9. The normalized spacial score (nSPS) is 18.1. The van der Waals surface area contributed by atoms with Crippen molar-refractivity contribution in [2.24, 2.45) is 5.92 Å². The van der Waals surface area contributed by atoms with E-state index in [4.69, 9.17) is 14.3 Å². The molecule has 0 aliphatic carbocycles. The summed E-state index contributed by atoms with van der Waals surface area (Å²) >= 11 is 0. The lowest BCUT2D eigenvalue weighted by atomic mass is 9.82. The highest BCUT2D eigenvalue weighted by molar-refractivity contribution is 5.69. The van der Waals surface area contributed by atoms with Crippen LogP contribution in [-0.2, 0) is 19.1 Å². The van der Waals surface area contributed by atoms with Gasteiger partial charge in [0.05, 0.1) is 23.3 Å². The van der Waals surface area contributed by atoms with E-state index in [1.54, 1.807) is 0 Å². The number of hydrogen-bond acceptors (Lipinski definition) is 5. The van der Waals surface area contributed by atoms with Crippen LogP contribution < -0.4 is 0 Å². The zero-order valence-electron chi connectivity index (χ0n) is 28.2. The maximum atomic E-state index is 12.5. The van der Waals surface area contributed by atoms with Crippen molar-refractivity contribution < 1.29 is 19.1 Å². The van der Waals surface area contributed by atoms with Crippen LogP contribution in [0.3, 0.4) is 0 Å². The van der Waals surface area contributed by atoms with Crippen molar-refractivity contribution in [3.05, 3.63) is 0 Å². The molecule has 1 aliphatic heterocycles. The summed E-state index contributed by atoms with van der Waals surface area (Å²) in [7, 11) is 0. The predicted octanol–water partition coefficient (Wildman–Crippen LogP) is 10.2. The van der Waals surface area contributed by atoms with E-state index >= 15 is 0 Å². The van der Waals surface area contributed by atoms with E-state index in [2.05, 4.69) is 55.4 Å². The first-order chi connectivity index (χ1) is 18.9. The molecule has 0 spiro atoms. The van der Waals surface area contributed by atoms with Gasteiger partial charge in [0.15, 0.2) is 0 Å². The second-order valence-corrected chi connectivity index (χ2v) is 14.4. The third-order valence-electron chi connectivity index (χ3n) is 8.78. The molecule has 0 aromatic carbocycles. The molecule has 5 heteroatoms. The van der Waals surface area contributed by atoms with Gasteiger partial charge < -0.3 is 14.3 Å². The average molecular weight is 568 g/mol. The summed E-state index contributed by atoms with van der Waals surface area (Å²) in [5.74, 6) is 0.765. The Balaban J connectivity index is 2.02. The summed E-state index contributed by atoms with van der Waals surface area (Å²) in [5.41, 5.74) is -0.343. The van der Waals surface area contributed by atoms with Gasteiger partial charge in [-0.2, -0.15) is 0 Å². The van der Waals surface area contributed by atoms with Crippen LogP contribution >= 0.6 is 0 Å². The molecule has 1 saturated heterocycles. The zero-order valence-corrected chi connectivity index (χ0v) is 28.2. The first kappa shape index (κ1) is 37.4. The number of nitrogens with zero attached hydrogens (tertiary/aromatic N) is 1. The fourth-order valence-electron chi connectivity index (χ4n) is 6.22. The van der Waals surface area contributed by atoms with Crippen LogP contribution in [0.2, 0.25) is 0 Å². The molecule has 1 aliphatic rings. The van der Waals surface area contributed by atoms with Gasteiger partial charge in [0.25, 0.3) is 0 Å². The van der Waals surface area contributed by atoms with E-state index in [9.17, 15) is 4.79 Å². The molecule has 0 amide bonds. The molecule has 0 N–H and O–H groups in total. The standard InChI is InChI=1S/C35H69NO4/c1-9-11-12-20-29-39-35(7,8)30-38-28-21-24-31(10-2)23-18-16-14-13-15-17-19-25-32(37)40-36-33(3,4)26-22-27-34(36,5)6/h31H,9-30H2,1-8H3. The Morgan fingerprint density at radius 2 is 1.35 bits per heavy atom. The average Bonchev–Trinajstić information content (AvgIpc) is 2.88. The van der Waals surface area contributed by atoms with Crippen LogP contribution in [0.5, 0.6) is 0 Å². The maximum Gasteiger partial charge on any atom is 0.325 e. The molecule has 238 valence electrons. The molecule has 1 rings (SSSR count). The Labute approximate surface area is 249 Å². The predicted molar refractivity (Wildman–Crippen MR) is 169 cm³/mol. The lowest BCUT2D eigenvalue weighted by molar-refractivity contribution is -0.265. The number of carbonyl (C=O) groups is 1. The molecule has 0 bridgehead atoms. The maximum absolute atomic E-state index is 12.5. The summed E-state index contributed by atoms with van der Waals surface area (Å²) in [4.78, 5) is 18.4. The third-order valence-corrected chi connectivity index (χ3v) is 8.78. The molecule has 1 atom stereocenters. The van der Waals surface area contributed by atoms with Gasteiger partial charge in [-0.1, -0.05) is 84.5 Å². The summed E-state index contributed by atoms with van der Waals surface area (Å²) in [6, 6.07) is 0. The van der Waals surface area contributed by atoms with E-state index in [1.807, 2.05) is 5.06 Å². The highest BCUT2D eigenvalue weighted by Crippen LogP contribution is 2.38. The number of unbranched alkanes of at least 4 members (excludes halogenated alkanes) is 9. The summed E-state index contributed by atoms with van der Waals surface area (Å²) in [5, 5.41) is 1.98. The van der Waals surface area contributed by atoms with Crippen molar-refractivity contribution in [2.75, 3.05) is 19.8 Å². The Kier molecular flexibility index (Phi) is 19.0. The van der Waals surface area contributed by atoms with Gasteiger partial charge in [0.2, 0.25) is 0 Å². The second-order valence-electron chi connectivity index (χ2n) is 14.4. The van der Waals surface area contributed by atoms with Crippen molar-refractivity contribution in [2.45, 2.75) is 194 Å². The van der Waals surface area contributed by atoms with E-state index in [-0.39, 0.29) is 22.6 Å². The first-order valence-electron chi connectivity index (χ1n) is 17.2. The molecule has 1 fully saturated rings. The van der Waals surface area contributed by atoms with E-state index < -0.39 is 0 Å². The number of ether oxygens (including phenoxy) is 2. The van der Waals surface area contributed by atoms with Crippen LogP contribution in [-0.4, -0.2) is 47.5 Å². The first-order valence-corrected chi connectivity index (χ1v) is 17.2. The van der Waals surface area contributed by atoms with E-state index in [0.717, 1.165) is 57.7 Å². The summed E-state index contributed by atoms with van der Waals surface area (Å²) in [6.45, 7) is 20.0. The van der Waals surface area contributed by atoms with Gasteiger partial charge in [0.1, 0.15) is 0 Å². The topological polar surface area (TPSA) is 48.0 Å². The molecule has 0 aromatic rings. The Morgan fingerprint density at radius 3 is 1.98 bits per heavy atom. The van der Waals surface area contributed by atoms with Crippen molar-refractivity contribution in [1.82, 2.24) is 5.06 Å².